The van der Waals surface area contributed by atoms with Crippen LogP contribution < -0.4 is 0 Å². The molecule has 0 aliphatic heterocycles. The Morgan fingerprint density at radius 3 is 2.65 bits per heavy atom. The molecular formula is C22H28O4. The van der Waals surface area contributed by atoms with Gasteiger partial charge in [0.25, 0.3) is 0 Å². The summed E-state index contributed by atoms with van der Waals surface area (Å²) in [4.78, 5) is 24.3. The molecule has 2 N–H and O–H groups in total. The van der Waals surface area contributed by atoms with E-state index in [0.29, 0.717) is 12.3 Å². The highest BCUT2D eigenvalue weighted by atomic mass is 16.3. The summed E-state index contributed by atoms with van der Waals surface area (Å²) in [7, 11) is 0. The van der Waals surface area contributed by atoms with Crippen LogP contribution in [0.15, 0.2) is 23.8 Å². The van der Waals surface area contributed by atoms with Crippen LogP contribution >= 0.6 is 0 Å². The zero-order valence-electron chi connectivity index (χ0n) is 15.7. The lowest BCUT2D eigenvalue weighted by Crippen LogP contribution is -2.62. The molecular weight excluding hydrogens is 328 g/mol. The summed E-state index contributed by atoms with van der Waals surface area (Å²) in [5.74, 6) is 0.991. The minimum Gasteiger partial charge on any atom is -0.393 e. The second-order valence-corrected chi connectivity index (χ2v) is 9.96. The first-order valence-electron chi connectivity index (χ1n) is 10.0. The van der Waals surface area contributed by atoms with Crippen LogP contribution in [-0.2, 0) is 9.59 Å². The van der Waals surface area contributed by atoms with Crippen LogP contribution in [0.2, 0.25) is 0 Å². The van der Waals surface area contributed by atoms with Crippen molar-refractivity contribution < 1.29 is 19.8 Å². The van der Waals surface area contributed by atoms with Gasteiger partial charge in [-0.1, -0.05) is 25.5 Å². The van der Waals surface area contributed by atoms with Gasteiger partial charge in [0.15, 0.2) is 11.6 Å². The molecule has 140 valence electrons. The second kappa shape index (κ2) is 4.77. The number of fused-ring (bicyclic) bond motifs is 7. The number of ketones is 2. The van der Waals surface area contributed by atoms with Gasteiger partial charge in [0.05, 0.1) is 6.10 Å². The van der Waals surface area contributed by atoms with Gasteiger partial charge in [-0.25, -0.2) is 0 Å². The smallest absolute Gasteiger partial charge is 0.178 e. The molecule has 4 fully saturated rings. The SMILES string of the molecule is CC(=O)[C@@]1(O)[C@@H]2C[C@@H]2[C@H]2[C@@H]3CCC4=CC(=O)C=C[C@]4(C)[C@H]3[C@@H](O)C[C@@]21C. The maximum absolute atomic E-state index is 12.5. The summed E-state index contributed by atoms with van der Waals surface area (Å²) in [6.45, 7) is 5.71. The minimum absolute atomic E-state index is 0.0418. The van der Waals surface area contributed by atoms with Crippen LogP contribution in [0.25, 0.3) is 0 Å². The zero-order chi connectivity index (χ0) is 18.6. The fourth-order valence-corrected chi connectivity index (χ4v) is 7.99. The first-order valence-corrected chi connectivity index (χ1v) is 10.0. The van der Waals surface area contributed by atoms with E-state index in [4.69, 9.17) is 0 Å². The highest BCUT2D eigenvalue weighted by Crippen LogP contribution is 2.76. The Labute approximate surface area is 154 Å². The number of allylic oxidation sites excluding steroid dienone is 4. The topological polar surface area (TPSA) is 74.6 Å². The molecule has 0 radical (unpaired) electrons. The van der Waals surface area contributed by atoms with Gasteiger partial charge in [-0.05, 0) is 68.4 Å². The van der Waals surface area contributed by atoms with E-state index in [9.17, 15) is 19.8 Å². The van der Waals surface area contributed by atoms with Crippen molar-refractivity contribution in [3.63, 3.8) is 0 Å². The van der Waals surface area contributed by atoms with Crippen LogP contribution in [0, 0.1) is 40.4 Å². The molecule has 5 aliphatic rings. The number of Topliss-reactive ketones (excluding diaryl/α,β-unsaturated/α-hetero) is 1. The maximum atomic E-state index is 12.5. The predicted octanol–water partition coefficient (Wildman–Crippen LogP) is 2.44. The van der Waals surface area contributed by atoms with E-state index in [0.717, 1.165) is 24.8 Å². The Morgan fingerprint density at radius 1 is 1.23 bits per heavy atom. The Bertz CT molecular complexity index is 781. The normalized spacial score (nSPS) is 56.8. The van der Waals surface area contributed by atoms with Crippen molar-refractivity contribution in [2.75, 3.05) is 0 Å². The Balaban J connectivity index is 1.61. The third kappa shape index (κ3) is 1.69. The quantitative estimate of drug-likeness (QED) is 0.757. The molecule has 0 aromatic rings. The predicted molar refractivity (Wildman–Crippen MR) is 96.0 cm³/mol. The molecule has 0 bridgehead atoms. The van der Waals surface area contributed by atoms with Crippen LogP contribution in [-0.4, -0.2) is 33.5 Å². The summed E-state index contributed by atoms with van der Waals surface area (Å²) in [5, 5.41) is 22.7. The standard InChI is InChI=1S/C22H28O4/c1-11(23)22(26)16-9-15(16)18-14-5-4-12-8-13(24)6-7-20(12,2)19(14)17(25)10-21(18,22)3/h6-8,14-19,25-26H,4-5,9-10H2,1-3H3/t14-,15-,16+,17-,18+,19+,20-,21-,22+/m0/s1. The van der Waals surface area contributed by atoms with E-state index in [1.807, 2.05) is 13.0 Å². The van der Waals surface area contributed by atoms with Gasteiger partial charge >= 0.3 is 0 Å². The molecule has 5 aliphatic carbocycles. The van der Waals surface area contributed by atoms with Gasteiger partial charge in [-0.3, -0.25) is 9.59 Å². The van der Waals surface area contributed by atoms with E-state index in [-0.39, 0.29) is 40.7 Å². The third-order valence-electron chi connectivity index (χ3n) is 8.99. The lowest BCUT2D eigenvalue weighted by atomic mass is 9.45. The molecule has 4 saturated carbocycles. The Kier molecular flexibility index (Phi) is 3.10. The monoisotopic (exact) mass is 356 g/mol. The molecule has 9 atom stereocenters. The van der Waals surface area contributed by atoms with Crippen LogP contribution in [0.1, 0.15) is 46.5 Å². The van der Waals surface area contributed by atoms with Crippen molar-refractivity contribution in [1.82, 2.24) is 0 Å². The first-order chi connectivity index (χ1) is 12.1. The van der Waals surface area contributed by atoms with Crippen molar-refractivity contribution >= 4 is 11.6 Å². The zero-order valence-corrected chi connectivity index (χ0v) is 15.7. The molecule has 0 heterocycles. The van der Waals surface area contributed by atoms with Crippen molar-refractivity contribution in [2.45, 2.75) is 58.2 Å². The van der Waals surface area contributed by atoms with E-state index >= 15 is 0 Å². The number of carbonyl (C=O) groups is 2. The number of aliphatic hydroxyl groups is 2. The van der Waals surface area contributed by atoms with Crippen molar-refractivity contribution in [2.24, 2.45) is 40.4 Å². The summed E-state index contributed by atoms with van der Waals surface area (Å²) in [6, 6.07) is 0. The summed E-state index contributed by atoms with van der Waals surface area (Å²) in [5.41, 5.74) is -0.984. The number of hydrogen-bond donors (Lipinski definition) is 2. The number of rotatable bonds is 1. The lowest BCUT2D eigenvalue weighted by Gasteiger charge is -2.60. The molecule has 4 heteroatoms. The minimum atomic E-state index is -1.29. The summed E-state index contributed by atoms with van der Waals surface area (Å²) >= 11 is 0. The number of carbonyl (C=O) groups excluding carboxylic acids is 2. The van der Waals surface area contributed by atoms with Gasteiger partial charge in [-0.15, -0.1) is 0 Å². The maximum Gasteiger partial charge on any atom is 0.178 e. The highest BCUT2D eigenvalue weighted by Gasteiger charge is 2.78. The Morgan fingerprint density at radius 2 is 1.96 bits per heavy atom. The van der Waals surface area contributed by atoms with Crippen LogP contribution in [0.5, 0.6) is 0 Å². The van der Waals surface area contributed by atoms with E-state index in [2.05, 4.69) is 6.92 Å². The van der Waals surface area contributed by atoms with Crippen LogP contribution in [0.4, 0.5) is 0 Å². The molecule has 0 amide bonds. The van der Waals surface area contributed by atoms with Gasteiger partial charge in [0, 0.05) is 16.7 Å². The fourth-order valence-electron chi connectivity index (χ4n) is 7.99. The summed E-state index contributed by atoms with van der Waals surface area (Å²) < 4.78 is 0. The van der Waals surface area contributed by atoms with Gasteiger partial charge < -0.3 is 10.2 Å². The number of aliphatic hydroxyl groups excluding tert-OH is 1. The lowest BCUT2D eigenvalue weighted by molar-refractivity contribution is -0.185. The Hall–Kier alpha value is -1.26. The van der Waals surface area contributed by atoms with Crippen molar-refractivity contribution in [3.8, 4) is 0 Å². The highest BCUT2D eigenvalue weighted by molar-refractivity contribution is 6.01. The van der Waals surface area contributed by atoms with Crippen molar-refractivity contribution in [3.05, 3.63) is 23.8 Å². The average Bonchev–Trinajstić information content (AvgIpc) is 3.30. The van der Waals surface area contributed by atoms with E-state index in [1.165, 1.54) is 6.92 Å². The van der Waals surface area contributed by atoms with Crippen LogP contribution in [0.3, 0.4) is 0 Å². The molecule has 0 aromatic carbocycles. The van der Waals surface area contributed by atoms with Gasteiger partial charge in [0.2, 0.25) is 0 Å². The largest absolute Gasteiger partial charge is 0.393 e. The first kappa shape index (κ1) is 16.9. The van der Waals surface area contributed by atoms with Gasteiger partial charge in [0.1, 0.15) is 5.60 Å². The third-order valence-corrected chi connectivity index (χ3v) is 8.99. The fraction of sp³-hybridized carbons (Fsp3) is 0.727. The molecule has 0 unspecified atom stereocenters. The molecule has 5 rings (SSSR count). The average molecular weight is 356 g/mol. The van der Waals surface area contributed by atoms with Crippen molar-refractivity contribution in [1.29, 1.82) is 0 Å². The molecule has 4 nitrogen and oxygen atoms in total. The molecule has 0 aromatic heterocycles. The van der Waals surface area contributed by atoms with E-state index < -0.39 is 17.1 Å². The second-order valence-electron chi connectivity index (χ2n) is 9.96. The molecule has 0 spiro atoms. The molecule has 0 saturated heterocycles. The van der Waals surface area contributed by atoms with E-state index in [1.54, 1.807) is 12.2 Å². The van der Waals surface area contributed by atoms with Gasteiger partial charge in [-0.2, -0.15) is 0 Å². The molecule has 26 heavy (non-hydrogen) atoms. The summed E-state index contributed by atoms with van der Waals surface area (Å²) in [6.07, 6.45) is 8.03. The number of hydrogen-bond acceptors (Lipinski definition) is 4.